The second kappa shape index (κ2) is 12.5. The van der Waals surface area contributed by atoms with Gasteiger partial charge >= 0.3 is 12.1 Å². The van der Waals surface area contributed by atoms with Crippen LogP contribution in [0.15, 0.2) is 60.7 Å². The van der Waals surface area contributed by atoms with Crippen molar-refractivity contribution >= 4 is 30.8 Å². The van der Waals surface area contributed by atoms with Crippen LogP contribution < -0.4 is 21.0 Å². The number of benzene rings is 2. The summed E-state index contributed by atoms with van der Waals surface area (Å²) in [6.45, 7) is 14.3. The van der Waals surface area contributed by atoms with Gasteiger partial charge in [-0.3, -0.25) is 4.79 Å². The molecule has 1 amide bonds. The number of hydrogen-bond donors (Lipinski definition) is 2. The van der Waals surface area contributed by atoms with Crippen LogP contribution in [0.25, 0.3) is 0 Å². The van der Waals surface area contributed by atoms with Crippen molar-refractivity contribution in [2.75, 3.05) is 20.3 Å². The molecule has 0 bridgehead atoms. The van der Waals surface area contributed by atoms with E-state index in [4.69, 9.17) is 13.9 Å². The van der Waals surface area contributed by atoms with Gasteiger partial charge in [0.15, 0.2) is 0 Å². The average molecular weight is 515 g/mol. The monoisotopic (exact) mass is 514 g/mol. The van der Waals surface area contributed by atoms with Gasteiger partial charge in [0.05, 0.1) is 19.8 Å². The minimum absolute atomic E-state index is 0.209. The van der Waals surface area contributed by atoms with Gasteiger partial charge in [0.2, 0.25) is 0 Å². The fourth-order valence-electron chi connectivity index (χ4n) is 4.19. The smallest absolute Gasteiger partial charge is 0.407 e. The molecule has 198 valence electrons. The van der Waals surface area contributed by atoms with Crippen molar-refractivity contribution in [2.24, 2.45) is 0 Å². The molecule has 2 aromatic rings. The predicted molar refractivity (Wildman–Crippen MR) is 146 cm³/mol. The average Bonchev–Trinajstić information content (AvgIpc) is 2.81. The Hall–Kier alpha value is -2.68. The van der Waals surface area contributed by atoms with Crippen LogP contribution in [-0.4, -0.2) is 58.3 Å². The molecule has 0 aromatic heterocycles. The highest BCUT2D eigenvalue weighted by molar-refractivity contribution is 6.99. The first-order chi connectivity index (χ1) is 16.8. The van der Waals surface area contributed by atoms with Crippen LogP contribution in [0.4, 0.5) is 4.79 Å². The Labute approximate surface area is 217 Å². The molecule has 7 nitrogen and oxygen atoms in total. The lowest BCUT2D eigenvalue weighted by Gasteiger charge is -2.43. The van der Waals surface area contributed by atoms with E-state index in [1.807, 2.05) is 57.2 Å². The van der Waals surface area contributed by atoms with Gasteiger partial charge < -0.3 is 24.5 Å². The number of carbonyl (C=O) groups excluding carboxylic acids is 2. The quantitative estimate of drug-likeness (QED) is 0.372. The van der Waals surface area contributed by atoms with E-state index in [9.17, 15) is 9.59 Å². The van der Waals surface area contributed by atoms with E-state index in [-0.39, 0.29) is 17.6 Å². The highest BCUT2D eigenvalue weighted by Crippen LogP contribution is 2.36. The number of rotatable bonds is 10. The van der Waals surface area contributed by atoms with Gasteiger partial charge in [-0.1, -0.05) is 81.4 Å². The highest BCUT2D eigenvalue weighted by atomic mass is 28.4. The molecule has 2 atom stereocenters. The molecular formula is C28H42N2O5Si. The Balaban J connectivity index is 2.41. The summed E-state index contributed by atoms with van der Waals surface area (Å²) in [6, 6.07) is 19.6. The molecule has 0 aliphatic carbocycles. The molecule has 8 heteroatoms. The zero-order chi connectivity index (χ0) is 27.0. The van der Waals surface area contributed by atoms with Crippen LogP contribution in [0.1, 0.15) is 48.5 Å². The maximum Gasteiger partial charge on any atom is 0.407 e. The van der Waals surface area contributed by atoms with Crippen LogP contribution in [0.3, 0.4) is 0 Å². The van der Waals surface area contributed by atoms with Crippen molar-refractivity contribution in [1.29, 1.82) is 0 Å². The number of ether oxygens (including phenoxy) is 2. The Morgan fingerprint density at radius 3 is 1.81 bits per heavy atom. The zero-order valence-corrected chi connectivity index (χ0v) is 23.9. The van der Waals surface area contributed by atoms with Crippen molar-refractivity contribution in [3.05, 3.63) is 60.7 Å². The molecule has 0 radical (unpaired) electrons. The minimum Gasteiger partial charge on any atom is -0.468 e. The minimum atomic E-state index is -2.81. The molecule has 36 heavy (non-hydrogen) atoms. The second-order valence-corrected chi connectivity index (χ2v) is 15.3. The number of methoxy groups -OCH3 is 1. The molecule has 0 spiro atoms. The van der Waals surface area contributed by atoms with Crippen LogP contribution in [0.5, 0.6) is 0 Å². The number of amides is 1. The maximum atomic E-state index is 12.7. The summed E-state index contributed by atoms with van der Waals surface area (Å²) in [4.78, 5) is 24.6. The van der Waals surface area contributed by atoms with E-state index in [0.717, 1.165) is 10.4 Å². The molecular weight excluding hydrogens is 472 g/mol. The summed E-state index contributed by atoms with van der Waals surface area (Å²) in [5.41, 5.74) is -0.639. The SMILES string of the molecule is COC(=O)[C@@H](C)NC[C@@H](CO[Si](c1ccccc1)(c1ccccc1)C(C)(C)C)NC(=O)OC(C)(C)C. The topological polar surface area (TPSA) is 85.9 Å². The molecule has 0 saturated heterocycles. The molecule has 2 aromatic carbocycles. The Morgan fingerprint density at radius 1 is 0.889 bits per heavy atom. The summed E-state index contributed by atoms with van der Waals surface area (Å²) < 4.78 is 17.3. The first-order valence-corrected chi connectivity index (χ1v) is 14.3. The fourth-order valence-corrected chi connectivity index (χ4v) is 8.80. The number of nitrogens with one attached hydrogen (secondary N) is 2. The van der Waals surface area contributed by atoms with Crippen molar-refractivity contribution in [1.82, 2.24) is 10.6 Å². The number of alkyl carbamates (subject to hydrolysis) is 1. The first kappa shape index (κ1) is 29.5. The molecule has 0 aliphatic rings. The van der Waals surface area contributed by atoms with Crippen molar-refractivity contribution in [2.45, 2.75) is 71.2 Å². The Morgan fingerprint density at radius 2 is 1.39 bits per heavy atom. The van der Waals surface area contributed by atoms with Gasteiger partial charge in [-0.05, 0) is 43.1 Å². The molecule has 2 rings (SSSR count). The van der Waals surface area contributed by atoms with Crippen molar-refractivity contribution < 1.29 is 23.5 Å². The van der Waals surface area contributed by atoms with Gasteiger partial charge in [-0.15, -0.1) is 0 Å². The lowest BCUT2D eigenvalue weighted by atomic mass is 10.2. The third kappa shape index (κ3) is 7.91. The molecule has 0 saturated carbocycles. The summed E-state index contributed by atoms with van der Waals surface area (Å²) in [7, 11) is -1.46. The van der Waals surface area contributed by atoms with Gasteiger partial charge in [0, 0.05) is 6.54 Å². The number of esters is 1. The zero-order valence-electron chi connectivity index (χ0n) is 22.9. The van der Waals surface area contributed by atoms with Gasteiger partial charge in [0.1, 0.15) is 11.6 Å². The molecule has 0 aliphatic heterocycles. The van der Waals surface area contributed by atoms with E-state index in [2.05, 4.69) is 55.7 Å². The van der Waals surface area contributed by atoms with E-state index in [0.29, 0.717) is 6.54 Å². The highest BCUT2D eigenvalue weighted by Gasteiger charge is 2.50. The first-order valence-electron chi connectivity index (χ1n) is 12.4. The van der Waals surface area contributed by atoms with E-state index in [1.165, 1.54) is 7.11 Å². The number of carbonyl (C=O) groups is 2. The normalized spacial score (nSPS) is 14.0. The maximum absolute atomic E-state index is 12.7. The lowest BCUT2D eigenvalue weighted by Crippen LogP contribution is -2.67. The fraction of sp³-hybridized carbons (Fsp3) is 0.500. The third-order valence-electron chi connectivity index (χ3n) is 5.86. The van der Waals surface area contributed by atoms with Gasteiger partial charge in [-0.25, -0.2) is 4.79 Å². The summed E-state index contributed by atoms with van der Waals surface area (Å²) >= 11 is 0. The molecule has 0 heterocycles. The second-order valence-electron chi connectivity index (χ2n) is 11.0. The van der Waals surface area contributed by atoms with Crippen LogP contribution in [-0.2, 0) is 18.7 Å². The Bertz CT molecular complexity index is 931. The van der Waals surface area contributed by atoms with Crippen LogP contribution in [0, 0.1) is 0 Å². The summed E-state index contributed by atoms with van der Waals surface area (Å²) in [5, 5.41) is 8.17. The van der Waals surface area contributed by atoms with Crippen LogP contribution >= 0.6 is 0 Å². The van der Waals surface area contributed by atoms with E-state index in [1.54, 1.807) is 6.92 Å². The third-order valence-corrected chi connectivity index (χ3v) is 10.9. The van der Waals surface area contributed by atoms with Crippen molar-refractivity contribution in [3.8, 4) is 0 Å². The van der Waals surface area contributed by atoms with Crippen molar-refractivity contribution in [3.63, 3.8) is 0 Å². The summed E-state index contributed by atoms with van der Waals surface area (Å²) in [5.74, 6) is -0.376. The molecule has 0 unspecified atom stereocenters. The van der Waals surface area contributed by atoms with E-state index >= 15 is 0 Å². The molecule has 2 N–H and O–H groups in total. The standard InChI is InChI=1S/C28H42N2O5Si/c1-21(25(31)33-8)29-19-22(30-26(32)35-27(2,3)4)20-34-36(28(5,6)7,23-15-11-9-12-16-23)24-17-13-10-14-18-24/h9-18,21-22,29H,19-20H2,1-8H3,(H,30,32)/t21-,22+/m1/s1. The van der Waals surface area contributed by atoms with Gasteiger partial charge in [0.25, 0.3) is 8.32 Å². The van der Waals surface area contributed by atoms with Crippen LogP contribution in [0.2, 0.25) is 5.04 Å². The molecule has 0 fully saturated rings. The van der Waals surface area contributed by atoms with Gasteiger partial charge in [-0.2, -0.15) is 0 Å². The Kier molecular flexibility index (Phi) is 10.3. The largest absolute Gasteiger partial charge is 0.468 e. The predicted octanol–water partition coefficient (Wildman–Crippen LogP) is 3.61. The number of hydrogen-bond acceptors (Lipinski definition) is 6. The summed E-state index contributed by atoms with van der Waals surface area (Å²) in [6.07, 6.45) is -0.536. The van der Waals surface area contributed by atoms with E-state index < -0.39 is 32.1 Å². The lowest BCUT2D eigenvalue weighted by molar-refractivity contribution is -0.142.